The van der Waals surface area contributed by atoms with Crippen LogP contribution in [0.4, 0.5) is 13.2 Å². The lowest BCUT2D eigenvalue weighted by Crippen LogP contribution is -2.21. The van der Waals surface area contributed by atoms with Crippen molar-refractivity contribution in [3.8, 4) is 0 Å². The van der Waals surface area contributed by atoms with Crippen molar-refractivity contribution >= 4 is 0 Å². The van der Waals surface area contributed by atoms with Crippen LogP contribution in [0.3, 0.4) is 0 Å². The fraction of sp³-hybridized carbons (Fsp3) is 0.615. The van der Waals surface area contributed by atoms with Gasteiger partial charge in [0.05, 0.1) is 11.3 Å². The predicted molar refractivity (Wildman–Crippen MR) is 62.9 cm³/mol. The third-order valence-corrected chi connectivity index (χ3v) is 3.41. The first kappa shape index (κ1) is 13.3. The maximum absolute atomic E-state index is 12.3. The molecule has 1 fully saturated rings. The van der Waals surface area contributed by atoms with Gasteiger partial charge in [-0.2, -0.15) is 13.2 Å². The van der Waals surface area contributed by atoms with E-state index in [4.69, 9.17) is 0 Å². The highest BCUT2D eigenvalue weighted by Crippen LogP contribution is 2.29. The second kappa shape index (κ2) is 5.69. The van der Waals surface area contributed by atoms with Crippen LogP contribution < -0.4 is 5.32 Å². The van der Waals surface area contributed by atoms with Crippen molar-refractivity contribution in [1.29, 1.82) is 0 Å². The van der Waals surface area contributed by atoms with Gasteiger partial charge in [-0.05, 0) is 31.0 Å². The van der Waals surface area contributed by atoms with Gasteiger partial charge in [0.15, 0.2) is 0 Å². The molecule has 2 nitrogen and oxygen atoms in total. The van der Waals surface area contributed by atoms with Gasteiger partial charge in [0, 0.05) is 12.7 Å². The number of hydrogen-bond acceptors (Lipinski definition) is 2. The number of pyridine rings is 1. The smallest absolute Gasteiger partial charge is 0.311 e. The molecule has 1 aliphatic carbocycles. The molecule has 0 atom stereocenters. The molecule has 5 heteroatoms. The van der Waals surface area contributed by atoms with Crippen LogP contribution in [-0.2, 0) is 12.7 Å². The highest BCUT2D eigenvalue weighted by molar-refractivity contribution is 5.16. The molecule has 0 aliphatic heterocycles. The number of nitrogens with zero attached hydrogens (tertiary/aromatic N) is 1. The highest BCUT2D eigenvalue weighted by atomic mass is 19.4. The second-order valence-corrected chi connectivity index (χ2v) is 4.80. The van der Waals surface area contributed by atoms with Crippen molar-refractivity contribution in [2.24, 2.45) is 5.92 Å². The molecule has 1 saturated carbocycles. The molecule has 1 aromatic rings. The highest BCUT2D eigenvalue weighted by Gasteiger charge is 2.30. The first-order valence-corrected chi connectivity index (χ1v) is 6.28. The van der Waals surface area contributed by atoms with Crippen LogP contribution in [0, 0.1) is 5.92 Å². The van der Waals surface area contributed by atoms with Gasteiger partial charge in [-0.15, -0.1) is 0 Å². The number of rotatable bonds is 5. The zero-order valence-corrected chi connectivity index (χ0v) is 10.1. The standard InChI is InChI=1S/C13H17F3N2/c14-13(15,16)11-4-5-12(18-8-11)9-17-7-6-10-2-1-3-10/h4-5,8,10,17H,1-3,6-7,9H2. The zero-order chi connectivity index (χ0) is 13.0. The molecule has 0 amide bonds. The molecule has 2 rings (SSSR count). The minimum Gasteiger partial charge on any atom is -0.311 e. The van der Waals surface area contributed by atoms with Gasteiger partial charge in [0.25, 0.3) is 0 Å². The van der Waals surface area contributed by atoms with Crippen molar-refractivity contribution in [3.05, 3.63) is 29.6 Å². The van der Waals surface area contributed by atoms with Crippen LogP contribution in [-0.4, -0.2) is 11.5 Å². The van der Waals surface area contributed by atoms with Gasteiger partial charge >= 0.3 is 6.18 Å². The number of hydrogen-bond donors (Lipinski definition) is 1. The van der Waals surface area contributed by atoms with Gasteiger partial charge < -0.3 is 5.32 Å². The monoisotopic (exact) mass is 258 g/mol. The topological polar surface area (TPSA) is 24.9 Å². The largest absolute Gasteiger partial charge is 0.417 e. The lowest BCUT2D eigenvalue weighted by Gasteiger charge is -2.25. The Balaban J connectivity index is 1.72. The Labute approximate surface area is 105 Å². The van der Waals surface area contributed by atoms with Crippen molar-refractivity contribution in [3.63, 3.8) is 0 Å². The summed E-state index contributed by atoms with van der Waals surface area (Å²) >= 11 is 0. The molecule has 0 radical (unpaired) electrons. The Bertz CT molecular complexity index is 369. The number of alkyl halides is 3. The summed E-state index contributed by atoms with van der Waals surface area (Å²) in [5, 5.41) is 3.22. The fourth-order valence-electron chi connectivity index (χ4n) is 2.00. The summed E-state index contributed by atoms with van der Waals surface area (Å²) in [4.78, 5) is 3.81. The number of nitrogens with one attached hydrogen (secondary N) is 1. The third-order valence-electron chi connectivity index (χ3n) is 3.41. The lowest BCUT2D eigenvalue weighted by atomic mass is 9.83. The molecule has 1 aromatic heterocycles. The average molecular weight is 258 g/mol. The first-order chi connectivity index (χ1) is 8.55. The molecular formula is C13H17F3N2. The molecular weight excluding hydrogens is 241 g/mol. The molecule has 0 spiro atoms. The lowest BCUT2D eigenvalue weighted by molar-refractivity contribution is -0.137. The molecule has 1 heterocycles. The van der Waals surface area contributed by atoms with Gasteiger partial charge in [-0.3, -0.25) is 4.98 Å². The van der Waals surface area contributed by atoms with Crippen molar-refractivity contribution in [2.75, 3.05) is 6.54 Å². The second-order valence-electron chi connectivity index (χ2n) is 4.80. The Hall–Kier alpha value is -1.10. The van der Waals surface area contributed by atoms with Crippen LogP contribution in [0.15, 0.2) is 18.3 Å². The average Bonchev–Trinajstić information content (AvgIpc) is 2.26. The van der Waals surface area contributed by atoms with E-state index in [0.29, 0.717) is 12.2 Å². The summed E-state index contributed by atoms with van der Waals surface area (Å²) in [5.41, 5.74) is -0.0441. The fourth-order valence-corrected chi connectivity index (χ4v) is 2.00. The van der Waals surface area contributed by atoms with E-state index in [0.717, 1.165) is 31.1 Å². The van der Waals surface area contributed by atoms with E-state index in [1.807, 2.05) is 0 Å². The minimum absolute atomic E-state index is 0.533. The van der Waals surface area contributed by atoms with E-state index in [-0.39, 0.29) is 0 Å². The van der Waals surface area contributed by atoms with Crippen LogP contribution in [0.2, 0.25) is 0 Å². The quantitative estimate of drug-likeness (QED) is 0.819. The van der Waals surface area contributed by atoms with Crippen LogP contribution >= 0.6 is 0 Å². The molecule has 100 valence electrons. The van der Waals surface area contributed by atoms with Gasteiger partial charge in [-0.1, -0.05) is 19.3 Å². The summed E-state index contributed by atoms with van der Waals surface area (Å²) in [6, 6.07) is 2.51. The predicted octanol–water partition coefficient (Wildman–Crippen LogP) is 3.38. The minimum atomic E-state index is -4.30. The first-order valence-electron chi connectivity index (χ1n) is 6.28. The van der Waals surface area contributed by atoms with Crippen molar-refractivity contribution in [1.82, 2.24) is 10.3 Å². The van der Waals surface area contributed by atoms with E-state index in [2.05, 4.69) is 10.3 Å². The summed E-state index contributed by atoms with van der Waals surface area (Å²) in [7, 11) is 0. The van der Waals surface area contributed by atoms with Gasteiger partial charge in [0.2, 0.25) is 0 Å². The summed E-state index contributed by atoms with van der Waals surface area (Å²) < 4.78 is 36.9. The summed E-state index contributed by atoms with van der Waals surface area (Å²) in [5.74, 6) is 0.845. The van der Waals surface area contributed by atoms with E-state index >= 15 is 0 Å². The number of aromatic nitrogens is 1. The zero-order valence-electron chi connectivity index (χ0n) is 10.1. The van der Waals surface area contributed by atoms with Gasteiger partial charge in [-0.25, -0.2) is 0 Å². The third kappa shape index (κ3) is 3.70. The molecule has 18 heavy (non-hydrogen) atoms. The van der Waals surface area contributed by atoms with Crippen molar-refractivity contribution < 1.29 is 13.2 Å². The van der Waals surface area contributed by atoms with E-state index < -0.39 is 11.7 Å². The van der Waals surface area contributed by atoms with E-state index in [1.165, 1.54) is 25.3 Å². The van der Waals surface area contributed by atoms with Crippen molar-refractivity contribution in [2.45, 2.75) is 38.4 Å². The molecule has 0 saturated heterocycles. The maximum Gasteiger partial charge on any atom is 0.417 e. The molecule has 0 bridgehead atoms. The van der Waals surface area contributed by atoms with Gasteiger partial charge in [0.1, 0.15) is 0 Å². The molecule has 1 N–H and O–H groups in total. The van der Waals surface area contributed by atoms with Crippen LogP contribution in [0.25, 0.3) is 0 Å². The Morgan fingerprint density at radius 1 is 1.28 bits per heavy atom. The van der Waals surface area contributed by atoms with E-state index in [9.17, 15) is 13.2 Å². The molecule has 0 unspecified atom stereocenters. The van der Waals surface area contributed by atoms with E-state index in [1.54, 1.807) is 0 Å². The Morgan fingerprint density at radius 3 is 2.56 bits per heavy atom. The number of halogens is 3. The van der Waals surface area contributed by atoms with Crippen LogP contribution in [0.5, 0.6) is 0 Å². The molecule has 1 aliphatic rings. The molecule has 0 aromatic carbocycles. The SMILES string of the molecule is FC(F)(F)c1ccc(CNCCC2CCC2)nc1. The Morgan fingerprint density at radius 2 is 2.06 bits per heavy atom. The summed E-state index contributed by atoms with van der Waals surface area (Å²) in [6.45, 7) is 1.44. The normalized spacial score (nSPS) is 16.6. The summed E-state index contributed by atoms with van der Waals surface area (Å²) in [6.07, 6.45) is 1.72. The van der Waals surface area contributed by atoms with Crippen LogP contribution in [0.1, 0.15) is 36.9 Å². The Kier molecular flexibility index (Phi) is 4.22. The maximum atomic E-state index is 12.3.